The van der Waals surface area contributed by atoms with Crippen LogP contribution < -0.4 is 0 Å². The molecule has 0 N–H and O–H groups in total. The first-order valence-electron chi connectivity index (χ1n) is 14.4. The summed E-state index contributed by atoms with van der Waals surface area (Å²) >= 11 is 6.44. The summed E-state index contributed by atoms with van der Waals surface area (Å²) in [5.74, 6) is -0.166. The Balaban J connectivity index is 1.41. The van der Waals surface area contributed by atoms with Crippen molar-refractivity contribution in [2.45, 2.75) is 76.0 Å². The Morgan fingerprint density at radius 1 is 0.927 bits per heavy atom. The second kappa shape index (κ2) is 12.8. The van der Waals surface area contributed by atoms with Crippen LogP contribution in [0, 0.1) is 0 Å². The summed E-state index contributed by atoms with van der Waals surface area (Å²) in [6.07, 6.45) is 7.16. The third-order valence-corrected chi connectivity index (χ3v) is 10.5. The smallest absolute Gasteiger partial charge is 0.243 e. The molecule has 0 radical (unpaired) electrons. The maximum absolute atomic E-state index is 14.1. The molecule has 1 aliphatic carbocycles. The molecule has 8 heteroatoms. The Labute approximate surface area is 248 Å². The Hall–Kier alpha value is -3.13. The van der Waals surface area contributed by atoms with E-state index >= 15 is 0 Å². The van der Waals surface area contributed by atoms with Crippen molar-refractivity contribution in [1.29, 1.82) is 0 Å². The molecular formula is C33H38ClN3O3S. The van der Waals surface area contributed by atoms with E-state index in [0.717, 1.165) is 54.1 Å². The SMILES string of the molecule is CC(C)N(CC(=O)N(Cc1cccn1Cc1ccccc1Cl)C1CCCCC1)S(=O)(=O)c1ccc2ccccc2c1. The largest absolute Gasteiger partial charge is 0.345 e. The molecule has 0 unspecified atom stereocenters. The highest BCUT2D eigenvalue weighted by molar-refractivity contribution is 7.89. The van der Waals surface area contributed by atoms with Crippen LogP contribution >= 0.6 is 11.6 Å². The standard InChI is InChI=1S/C33H38ClN3O3S/c1-25(2)37(41(39,40)31-19-18-26-11-6-7-12-27(26)21-31)24-33(38)36(29-14-4-3-5-15-29)23-30-16-10-20-35(30)22-28-13-8-9-17-32(28)34/h6-13,16-21,25,29H,3-5,14-15,22-24H2,1-2H3. The minimum Gasteiger partial charge on any atom is -0.345 e. The fourth-order valence-corrected chi connectivity index (χ4v) is 7.60. The van der Waals surface area contributed by atoms with Gasteiger partial charge >= 0.3 is 0 Å². The zero-order valence-corrected chi connectivity index (χ0v) is 25.3. The first-order chi connectivity index (χ1) is 19.7. The Morgan fingerprint density at radius 3 is 2.37 bits per heavy atom. The monoisotopic (exact) mass is 591 g/mol. The van der Waals surface area contributed by atoms with Gasteiger partial charge in [-0.3, -0.25) is 4.79 Å². The molecule has 0 aliphatic heterocycles. The lowest BCUT2D eigenvalue weighted by Gasteiger charge is -2.36. The number of benzene rings is 3. The van der Waals surface area contributed by atoms with Crippen molar-refractivity contribution < 1.29 is 13.2 Å². The van der Waals surface area contributed by atoms with E-state index in [0.29, 0.717) is 18.1 Å². The molecule has 1 aliphatic rings. The summed E-state index contributed by atoms with van der Waals surface area (Å²) in [6.45, 7) is 4.47. The van der Waals surface area contributed by atoms with Gasteiger partial charge in [-0.2, -0.15) is 4.31 Å². The second-order valence-corrected chi connectivity index (χ2v) is 13.5. The van der Waals surface area contributed by atoms with Gasteiger partial charge in [-0.1, -0.05) is 79.4 Å². The molecule has 1 fully saturated rings. The van der Waals surface area contributed by atoms with Gasteiger partial charge in [-0.05, 0) is 73.4 Å². The number of sulfonamides is 1. The normalized spacial score (nSPS) is 14.7. The van der Waals surface area contributed by atoms with Crippen LogP contribution in [0.2, 0.25) is 5.02 Å². The maximum Gasteiger partial charge on any atom is 0.243 e. The summed E-state index contributed by atoms with van der Waals surface area (Å²) in [4.78, 5) is 16.2. The molecule has 0 atom stereocenters. The molecule has 41 heavy (non-hydrogen) atoms. The van der Waals surface area contributed by atoms with Crippen molar-refractivity contribution in [3.63, 3.8) is 0 Å². The highest BCUT2D eigenvalue weighted by Crippen LogP contribution is 2.27. The molecule has 1 saturated carbocycles. The first-order valence-corrected chi connectivity index (χ1v) is 16.2. The van der Waals surface area contributed by atoms with Crippen LogP contribution in [0.1, 0.15) is 57.2 Å². The van der Waals surface area contributed by atoms with Crippen LogP contribution in [-0.2, 0) is 27.9 Å². The summed E-state index contributed by atoms with van der Waals surface area (Å²) in [5, 5.41) is 2.53. The Bertz CT molecular complexity index is 1610. The van der Waals surface area contributed by atoms with Crippen LogP contribution in [0.25, 0.3) is 10.8 Å². The number of halogens is 1. The highest BCUT2D eigenvalue weighted by atomic mass is 35.5. The van der Waals surface area contributed by atoms with Crippen molar-refractivity contribution >= 4 is 38.3 Å². The molecular weight excluding hydrogens is 554 g/mol. The maximum atomic E-state index is 14.1. The van der Waals surface area contributed by atoms with E-state index in [1.54, 1.807) is 12.1 Å². The van der Waals surface area contributed by atoms with Gasteiger partial charge in [0.05, 0.1) is 18.0 Å². The Kier molecular flexibility index (Phi) is 9.17. The van der Waals surface area contributed by atoms with Crippen molar-refractivity contribution in [1.82, 2.24) is 13.8 Å². The number of amides is 1. The predicted molar refractivity (Wildman–Crippen MR) is 165 cm³/mol. The molecule has 0 saturated heterocycles. The summed E-state index contributed by atoms with van der Waals surface area (Å²) in [6, 6.07) is 24.3. The lowest BCUT2D eigenvalue weighted by Crippen LogP contribution is -2.49. The van der Waals surface area contributed by atoms with E-state index in [2.05, 4.69) is 4.57 Å². The average Bonchev–Trinajstić information content (AvgIpc) is 3.42. The summed E-state index contributed by atoms with van der Waals surface area (Å²) < 4.78 is 31.3. The van der Waals surface area contributed by atoms with Crippen LogP contribution in [-0.4, -0.2) is 46.7 Å². The van der Waals surface area contributed by atoms with Gasteiger partial charge in [0, 0.05) is 35.5 Å². The molecule has 216 valence electrons. The first kappa shape index (κ1) is 29.4. The minimum atomic E-state index is -3.90. The van der Waals surface area contributed by atoms with Gasteiger partial charge in [0.25, 0.3) is 0 Å². The molecule has 0 bridgehead atoms. The fraction of sp³-hybridized carbons (Fsp3) is 0.364. The fourth-order valence-electron chi connectivity index (χ4n) is 5.78. The van der Waals surface area contributed by atoms with Gasteiger partial charge in [0.2, 0.25) is 15.9 Å². The second-order valence-electron chi connectivity index (χ2n) is 11.2. The highest BCUT2D eigenvalue weighted by Gasteiger charge is 2.33. The Morgan fingerprint density at radius 2 is 1.63 bits per heavy atom. The molecule has 6 nitrogen and oxygen atoms in total. The van der Waals surface area contributed by atoms with Gasteiger partial charge < -0.3 is 9.47 Å². The number of aromatic nitrogens is 1. The lowest BCUT2D eigenvalue weighted by molar-refractivity contribution is -0.135. The van der Waals surface area contributed by atoms with Crippen LogP contribution in [0.3, 0.4) is 0 Å². The van der Waals surface area contributed by atoms with E-state index in [9.17, 15) is 13.2 Å². The van der Waals surface area contributed by atoms with Crippen molar-refractivity contribution in [3.8, 4) is 0 Å². The molecule has 1 amide bonds. The van der Waals surface area contributed by atoms with Crippen molar-refractivity contribution in [2.75, 3.05) is 6.54 Å². The van der Waals surface area contributed by atoms with Crippen LogP contribution in [0.4, 0.5) is 0 Å². The molecule has 5 rings (SSSR count). The summed E-state index contributed by atoms with van der Waals surface area (Å²) in [5.41, 5.74) is 2.01. The van der Waals surface area contributed by atoms with E-state index in [-0.39, 0.29) is 29.4 Å². The number of fused-ring (bicyclic) bond motifs is 1. The minimum absolute atomic E-state index is 0.0808. The van der Waals surface area contributed by atoms with Gasteiger partial charge in [-0.15, -0.1) is 0 Å². The number of nitrogens with zero attached hydrogens (tertiary/aromatic N) is 3. The third kappa shape index (κ3) is 6.69. The topological polar surface area (TPSA) is 62.6 Å². The summed E-state index contributed by atoms with van der Waals surface area (Å²) in [7, 11) is -3.90. The van der Waals surface area contributed by atoms with Gasteiger partial charge in [-0.25, -0.2) is 8.42 Å². The van der Waals surface area contributed by atoms with Crippen LogP contribution in [0.15, 0.2) is 90.0 Å². The molecule has 1 heterocycles. The van der Waals surface area contributed by atoms with E-state index in [4.69, 9.17) is 11.6 Å². The van der Waals surface area contributed by atoms with Crippen molar-refractivity contribution in [2.24, 2.45) is 0 Å². The number of carbonyl (C=O) groups excluding carboxylic acids is 1. The van der Waals surface area contributed by atoms with E-state index < -0.39 is 10.0 Å². The van der Waals surface area contributed by atoms with Crippen LogP contribution in [0.5, 0.6) is 0 Å². The van der Waals surface area contributed by atoms with Crippen molar-refractivity contribution in [3.05, 3.63) is 101 Å². The zero-order chi connectivity index (χ0) is 29.0. The number of hydrogen-bond acceptors (Lipinski definition) is 3. The number of rotatable bonds is 10. The molecule has 3 aromatic carbocycles. The lowest BCUT2D eigenvalue weighted by atomic mass is 9.94. The van der Waals surface area contributed by atoms with E-state index in [1.165, 1.54) is 4.31 Å². The zero-order valence-electron chi connectivity index (χ0n) is 23.7. The molecule has 1 aromatic heterocycles. The third-order valence-electron chi connectivity index (χ3n) is 8.08. The quantitative estimate of drug-likeness (QED) is 0.197. The molecule has 0 spiro atoms. The van der Waals surface area contributed by atoms with Gasteiger partial charge in [0.1, 0.15) is 0 Å². The predicted octanol–water partition coefficient (Wildman–Crippen LogP) is 7.10. The number of hydrogen-bond donors (Lipinski definition) is 0. The van der Waals surface area contributed by atoms with E-state index in [1.807, 2.05) is 91.7 Å². The number of carbonyl (C=O) groups is 1. The average molecular weight is 592 g/mol. The van der Waals surface area contributed by atoms with Gasteiger partial charge in [0.15, 0.2) is 0 Å². The molecule has 4 aromatic rings.